The van der Waals surface area contributed by atoms with Crippen molar-refractivity contribution in [1.29, 1.82) is 0 Å². The van der Waals surface area contributed by atoms with Crippen molar-refractivity contribution < 1.29 is 4.52 Å². The zero-order valence-corrected chi connectivity index (χ0v) is 8.66. The van der Waals surface area contributed by atoms with E-state index in [9.17, 15) is 0 Å². The lowest BCUT2D eigenvalue weighted by Gasteiger charge is -1.92. The van der Waals surface area contributed by atoms with Crippen LogP contribution in [0, 0.1) is 0 Å². The second-order valence-corrected chi connectivity index (χ2v) is 2.22. The average Bonchev–Trinajstić information content (AvgIpc) is 2.64. The third kappa shape index (κ3) is 3.31. The highest BCUT2D eigenvalue weighted by Crippen LogP contribution is 2.19. The average molecular weight is 192 g/mol. The van der Waals surface area contributed by atoms with Crippen LogP contribution in [-0.4, -0.2) is 5.16 Å². The Morgan fingerprint density at radius 1 is 1.57 bits per heavy atom. The molecule has 76 valence electrons. The van der Waals surface area contributed by atoms with Crippen molar-refractivity contribution in [3.8, 4) is 0 Å². The van der Waals surface area contributed by atoms with Gasteiger partial charge in [-0.15, -0.1) is 0 Å². The van der Waals surface area contributed by atoms with Gasteiger partial charge in [0.15, 0.2) is 0 Å². The van der Waals surface area contributed by atoms with Gasteiger partial charge in [0.2, 0.25) is 5.88 Å². The normalized spacial score (nSPS) is 9.29. The first-order chi connectivity index (χ1) is 6.75. The number of nitrogen functional groups attached to an aromatic ring is 1. The van der Waals surface area contributed by atoms with Gasteiger partial charge >= 0.3 is 0 Å². The summed E-state index contributed by atoms with van der Waals surface area (Å²) in [5, 5.41) is 3.53. The minimum Gasteiger partial charge on any atom is -0.367 e. The predicted molar refractivity (Wildman–Crippen MR) is 60.6 cm³/mol. The molecule has 0 fully saturated rings. The van der Waals surface area contributed by atoms with Crippen molar-refractivity contribution in [2.45, 2.75) is 13.8 Å². The van der Waals surface area contributed by atoms with E-state index in [0.29, 0.717) is 5.56 Å². The second-order valence-electron chi connectivity index (χ2n) is 2.22. The van der Waals surface area contributed by atoms with Gasteiger partial charge in [0.1, 0.15) is 0 Å². The molecule has 0 aliphatic rings. The van der Waals surface area contributed by atoms with Gasteiger partial charge in [-0.05, 0) is 5.57 Å². The maximum absolute atomic E-state index is 5.46. The summed E-state index contributed by atoms with van der Waals surface area (Å²) in [5.41, 5.74) is 6.94. The summed E-state index contributed by atoms with van der Waals surface area (Å²) in [6.45, 7) is 11.3. The van der Waals surface area contributed by atoms with Gasteiger partial charge in [-0.2, -0.15) is 0 Å². The Kier molecular flexibility index (Phi) is 5.87. The standard InChI is InChI=1S/C9H10N2O.C2H6/c1-3-4-5-7(2)8-6-11-12-9(8)10;1-2/h3-6H,1-2,10H2;1-2H3/b5-4-;. The van der Waals surface area contributed by atoms with Gasteiger partial charge in [0.25, 0.3) is 0 Å². The number of rotatable bonds is 3. The van der Waals surface area contributed by atoms with Crippen molar-refractivity contribution >= 4 is 11.5 Å². The van der Waals surface area contributed by atoms with Crippen molar-refractivity contribution in [3.63, 3.8) is 0 Å². The molecule has 3 nitrogen and oxygen atoms in total. The van der Waals surface area contributed by atoms with Crippen LogP contribution >= 0.6 is 0 Å². The highest BCUT2D eigenvalue weighted by atomic mass is 16.5. The predicted octanol–water partition coefficient (Wildman–Crippen LogP) is 3.04. The summed E-state index contributed by atoms with van der Waals surface area (Å²) >= 11 is 0. The molecule has 3 heteroatoms. The Hall–Kier alpha value is -1.77. The van der Waals surface area contributed by atoms with Gasteiger partial charge in [-0.3, -0.25) is 0 Å². The minimum absolute atomic E-state index is 0.286. The maximum atomic E-state index is 5.46. The molecule has 2 N–H and O–H groups in total. The van der Waals surface area contributed by atoms with E-state index < -0.39 is 0 Å². The number of allylic oxidation sites excluding steroid dienone is 4. The van der Waals surface area contributed by atoms with E-state index in [0.717, 1.165) is 5.57 Å². The molecule has 0 radical (unpaired) electrons. The van der Waals surface area contributed by atoms with E-state index in [2.05, 4.69) is 22.8 Å². The molecule has 0 amide bonds. The number of hydrogen-bond donors (Lipinski definition) is 1. The van der Waals surface area contributed by atoms with Crippen molar-refractivity contribution in [2.75, 3.05) is 5.73 Å². The fourth-order valence-corrected chi connectivity index (χ4v) is 0.764. The number of nitrogens with two attached hydrogens (primary N) is 1. The molecular formula is C11H16N2O. The molecule has 1 heterocycles. The topological polar surface area (TPSA) is 52.0 Å². The van der Waals surface area contributed by atoms with Crippen LogP contribution in [0.5, 0.6) is 0 Å². The Morgan fingerprint density at radius 2 is 2.21 bits per heavy atom. The molecule has 1 aromatic heterocycles. The number of hydrogen-bond acceptors (Lipinski definition) is 3. The van der Waals surface area contributed by atoms with Crippen molar-refractivity contribution in [2.24, 2.45) is 0 Å². The highest BCUT2D eigenvalue weighted by Gasteiger charge is 2.03. The molecule has 1 rings (SSSR count). The van der Waals surface area contributed by atoms with Crippen molar-refractivity contribution in [3.05, 3.63) is 43.1 Å². The second kappa shape index (κ2) is 6.71. The molecule has 0 atom stereocenters. The number of nitrogens with zero attached hydrogens (tertiary/aromatic N) is 1. The molecule has 0 bridgehead atoms. The molecule has 0 aromatic carbocycles. The minimum atomic E-state index is 0.286. The molecule has 0 aliphatic carbocycles. The Labute approximate surface area is 84.6 Å². The van der Waals surface area contributed by atoms with Gasteiger partial charge < -0.3 is 10.3 Å². The van der Waals surface area contributed by atoms with Crippen LogP contribution < -0.4 is 5.73 Å². The number of aromatic nitrogens is 1. The molecule has 0 saturated carbocycles. The van der Waals surface area contributed by atoms with E-state index >= 15 is 0 Å². The molecule has 1 aromatic rings. The van der Waals surface area contributed by atoms with Crippen LogP contribution in [0.15, 0.2) is 42.1 Å². The fraction of sp³-hybridized carbons (Fsp3) is 0.182. The summed E-state index contributed by atoms with van der Waals surface area (Å²) in [7, 11) is 0. The monoisotopic (exact) mass is 192 g/mol. The largest absolute Gasteiger partial charge is 0.367 e. The maximum Gasteiger partial charge on any atom is 0.229 e. The van der Waals surface area contributed by atoms with E-state index in [-0.39, 0.29) is 5.88 Å². The lowest BCUT2D eigenvalue weighted by Crippen LogP contribution is -1.85. The van der Waals surface area contributed by atoms with Crippen LogP contribution in [0.2, 0.25) is 0 Å². The van der Waals surface area contributed by atoms with Crippen molar-refractivity contribution in [1.82, 2.24) is 5.16 Å². The zero-order valence-electron chi connectivity index (χ0n) is 8.66. The lowest BCUT2D eigenvalue weighted by atomic mass is 10.1. The van der Waals surface area contributed by atoms with Crippen LogP contribution in [-0.2, 0) is 0 Å². The Balaban J connectivity index is 0.000000791. The summed E-state index contributed by atoms with van der Waals surface area (Å²) in [6.07, 6.45) is 6.75. The molecule has 0 spiro atoms. The Bertz CT molecular complexity index is 324. The van der Waals surface area contributed by atoms with E-state index in [1.165, 1.54) is 6.20 Å². The zero-order chi connectivity index (χ0) is 11.0. The van der Waals surface area contributed by atoms with Gasteiger partial charge in [0.05, 0.1) is 11.8 Å². The third-order valence-electron chi connectivity index (χ3n) is 1.38. The van der Waals surface area contributed by atoms with E-state index in [1.54, 1.807) is 18.2 Å². The fourth-order valence-electron chi connectivity index (χ4n) is 0.764. The quantitative estimate of drug-likeness (QED) is 0.749. The first kappa shape index (κ1) is 12.2. The molecule has 0 saturated heterocycles. The first-order valence-electron chi connectivity index (χ1n) is 4.44. The molecular weight excluding hydrogens is 176 g/mol. The van der Waals surface area contributed by atoms with Gasteiger partial charge in [-0.1, -0.05) is 50.4 Å². The first-order valence-corrected chi connectivity index (χ1v) is 4.44. The Morgan fingerprint density at radius 3 is 2.64 bits per heavy atom. The van der Waals surface area contributed by atoms with E-state index in [1.807, 2.05) is 13.8 Å². The third-order valence-corrected chi connectivity index (χ3v) is 1.38. The highest BCUT2D eigenvalue weighted by molar-refractivity contribution is 5.77. The summed E-state index contributed by atoms with van der Waals surface area (Å²) < 4.78 is 4.67. The smallest absolute Gasteiger partial charge is 0.229 e. The van der Waals surface area contributed by atoms with Crippen LogP contribution in [0.1, 0.15) is 19.4 Å². The summed E-state index contributed by atoms with van der Waals surface area (Å²) in [6, 6.07) is 0. The number of anilines is 1. The molecule has 0 aliphatic heterocycles. The molecule has 0 unspecified atom stereocenters. The summed E-state index contributed by atoms with van der Waals surface area (Å²) in [4.78, 5) is 0. The van der Waals surface area contributed by atoms with Gasteiger partial charge in [0, 0.05) is 0 Å². The van der Waals surface area contributed by atoms with Crippen LogP contribution in [0.25, 0.3) is 5.57 Å². The molecule has 14 heavy (non-hydrogen) atoms. The van der Waals surface area contributed by atoms with E-state index in [4.69, 9.17) is 5.73 Å². The van der Waals surface area contributed by atoms with Crippen LogP contribution in [0.3, 0.4) is 0 Å². The van der Waals surface area contributed by atoms with Gasteiger partial charge in [-0.25, -0.2) is 0 Å². The van der Waals surface area contributed by atoms with Crippen LogP contribution in [0.4, 0.5) is 5.88 Å². The SMILES string of the molecule is C=C/C=C\C(=C)c1cnoc1N.CC. The summed E-state index contributed by atoms with van der Waals surface area (Å²) in [5.74, 6) is 0.286. The lowest BCUT2D eigenvalue weighted by molar-refractivity contribution is 0.436.